The van der Waals surface area contributed by atoms with Crippen molar-refractivity contribution in [3.8, 4) is 27.9 Å². The first-order chi connectivity index (χ1) is 18.5. The molecule has 0 radical (unpaired) electrons. The molecule has 192 valence electrons. The summed E-state index contributed by atoms with van der Waals surface area (Å²) in [6, 6.07) is 14.1. The van der Waals surface area contributed by atoms with Crippen LogP contribution in [0.4, 0.5) is 15.5 Å². The van der Waals surface area contributed by atoms with E-state index in [0.717, 1.165) is 21.0 Å². The number of carbonyl (C=O) groups excluding carboxylic acids is 1. The number of carbonyl (C=O) groups is 1. The summed E-state index contributed by atoms with van der Waals surface area (Å²) in [5, 5.41) is 25.5. The highest BCUT2D eigenvalue weighted by atomic mass is 35.5. The molecule has 0 unspecified atom stereocenters. The molecule has 1 aliphatic heterocycles. The van der Waals surface area contributed by atoms with Crippen LogP contribution < -0.4 is 15.6 Å². The summed E-state index contributed by atoms with van der Waals surface area (Å²) in [5.41, 5.74) is 5.54. The van der Waals surface area contributed by atoms with E-state index in [4.69, 9.17) is 27.9 Å². The monoisotopic (exact) mass is 566 g/mol. The van der Waals surface area contributed by atoms with E-state index in [9.17, 15) is 10.1 Å². The molecule has 0 aliphatic carbocycles. The molecular weight excluding hydrogens is 547 g/mol. The number of aromatic nitrogens is 3. The van der Waals surface area contributed by atoms with Crippen LogP contribution in [0.25, 0.3) is 21.8 Å². The first kappa shape index (κ1) is 25.7. The highest BCUT2D eigenvalue weighted by Crippen LogP contribution is 2.46. The molecule has 0 spiro atoms. The van der Waals surface area contributed by atoms with Crippen LogP contribution in [0.15, 0.2) is 53.9 Å². The third-order valence-corrected chi connectivity index (χ3v) is 7.61. The summed E-state index contributed by atoms with van der Waals surface area (Å²) in [7, 11) is 0. The molecule has 0 atom stereocenters. The van der Waals surface area contributed by atoms with E-state index in [-0.39, 0.29) is 0 Å². The van der Waals surface area contributed by atoms with Crippen molar-refractivity contribution in [1.82, 2.24) is 20.6 Å². The number of anilines is 2. The predicted molar refractivity (Wildman–Crippen MR) is 149 cm³/mol. The fraction of sp³-hybridized carbons (Fsp3) is 0.160. The number of benzene rings is 2. The number of aromatic amines is 1. The van der Waals surface area contributed by atoms with Gasteiger partial charge in [-0.05, 0) is 29.8 Å². The van der Waals surface area contributed by atoms with Crippen molar-refractivity contribution < 1.29 is 9.53 Å². The van der Waals surface area contributed by atoms with Crippen LogP contribution in [0, 0.1) is 11.3 Å². The lowest BCUT2D eigenvalue weighted by Gasteiger charge is -2.27. The van der Waals surface area contributed by atoms with E-state index in [2.05, 4.69) is 42.0 Å². The number of H-pyrrole nitrogens is 1. The molecule has 0 saturated carbocycles. The smallest absolute Gasteiger partial charge is 0.339 e. The van der Waals surface area contributed by atoms with Crippen LogP contribution in [0.2, 0.25) is 10.0 Å². The summed E-state index contributed by atoms with van der Waals surface area (Å²) in [4.78, 5) is 19.6. The normalized spacial score (nSPS) is 13.4. The van der Waals surface area contributed by atoms with E-state index in [1.165, 1.54) is 23.9 Å². The van der Waals surface area contributed by atoms with Crippen molar-refractivity contribution in [2.45, 2.75) is 0 Å². The number of hydrazone groups is 1. The van der Waals surface area contributed by atoms with Crippen molar-refractivity contribution in [2.75, 3.05) is 36.5 Å². The van der Waals surface area contributed by atoms with Gasteiger partial charge >= 0.3 is 6.03 Å². The molecule has 0 bridgehead atoms. The molecule has 3 N–H and O–H groups in total. The maximum atomic E-state index is 12.3. The zero-order valence-electron chi connectivity index (χ0n) is 19.7. The van der Waals surface area contributed by atoms with Crippen molar-refractivity contribution in [2.24, 2.45) is 5.10 Å². The van der Waals surface area contributed by atoms with Gasteiger partial charge in [0, 0.05) is 29.9 Å². The number of amides is 2. The Hall–Kier alpha value is -3.95. The first-order valence-electron chi connectivity index (χ1n) is 11.5. The van der Waals surface area contributed by atoms with Gasteiger partial charge in [0.25, 0.3) is 0 Å². The van der Waals surface area contributed by atoms with E-state index in [1.54, 1.807) is 30.3 Å². The third kappa shape index (κ3) is 5.49. The number of nitriles is 1. The Balaban J connectivity index is 1.36. The van der Waals surface area contributed by atoms with Gasteiger partial charge in [-0.3, -0.25) is 5.10 Å². The lowest BCUT2D eigenvalue weighted by atomic mass is 10.0. The molecule has 2 aromatic carbocycles. The van der Waals surface area contributed by atoms with Gasteiger partial charge in [0.2, 0.25) is 0 Å². The maximum absolute atomic E-state index is 12.3. The number of nitrogens with one attached hydrogen (secondary N) is 3. The molecule has 1 saturated heterocycles. The van der Waals surface area contributed by atoms with E-state index in [1.807, 2.05) is 12.1 Å². The second-order valence-corrected chi connectivity index (χ2v) is 9.87. The van der Waals surface area contributed by atoms with Gasteiger partial charge in [-0.2, -0.15) is 15.5 Å². The Morgan fingerprint density at radius 1 is 1.18 bits per heavy atom. The average Bonchev–Trinajstić information content (AvgIpc) is 3.59. The number of morpholine rings is 1. The van der Waals surface area contributed by atoms with Gasteiger partial charge in [0.15, 0.2) is 5.82 Å². The molecular formula is C25H20Cl2N8O2S. The first-order valence-corrected chi connectivity index (χ1v) is 13.0. The van der Waals surface area contributed by atoms with Gasteiger partial charge in [0.1, 0.15) is 17.4 Å². The van der Waals surface area contributed by atoms with Crippen molar-refractivity contribution in [3.05, 3.63) is 70.0 Å². The number of hydrogen-bond acceptors (Lipinski definition) is 8. The SMILES string of the molecule is N#Cc1c(N2CCOCC2)sc(-c2nc[nH]n2)c1-c1ccc(NC(=O)N/N=C/c2c(Cl)cccc2Cl)cc1. The lowest BCUT2D eigenvalue weighted by Crippen LogP contribution is -2.36. The Morgan fingerprint density at radius 2 is 1.92 bits per heavy atom. The maximum Gasteiger partial charge on any atom is 0.339 e. The zero-order valence-corrected chi connectivity index (χ0v) is 22.1. The van der Waals surface area contributed by atoms with Crippen LogP contribution in [0.5, 0.6) is 0 Å². The van der Waals surface area contributed by atoms with Crippen LogP contribution >= 0.6 is 34.5 Å². The molecule has 5 rings (SSSR count). The largest absolute Gasteiger partial charge is 0.378 e. The van der Waals surface area contributed by atoms with Crippen molar-refractivity contribution in [3.63, 3.8) is 0 Å². The van der Waals surface area contributed by atoms with E-state index in [0.29, 0.717) is 59.0 Å². The second-order valence-electron chi connectivity index (χ2n) is 8.06. The van der Waals surface area contributed by atoms with Gasteiger partial charge in [-0.1, -0.05) is 41.4 Å². The minimum Gasteiger partial charge on any atom is -0.378 e. The second kappa shape index (κ2) is 11.6. The molecule has 10 nitrogen and oxygen atoms in total. The Bertz CT molecular complexity index is 1490. The zero-order chi connectivity index (χ0) is 26.5. The van der Waals surface area contributed by atoms with E-state index < -0.39 is 6.03 Å². The summed E-state index contributed by atoms with van der Waals surface area (Å²) in [5.74, 6) is 0.513. The highest BCUT2D eigenvalue weighted by molar-refractivity contribution is 7.20. The highest BCUT2D eigenvalue weighted by Gasteiger charge is 2.26. The van der Waals surface area contributed by atoms with Gasteiger partial charge in [-0.15, -0.1) is 11.3 Å². The molecule has 13 heteroatoms. The third-order valence-electron chi connectivity index (χ3n) is 5.71. The topological polar surface area (TPSA) is 131 Å². The predicted octanol–water partition coefficient (Wildman–Crippen LogP) is 5.37. The number of halogens is 2. The number of thiophene rings is 1. The fourth-order valence-corrected chi connectivity index (χ4v) is 5.69. The Labute approximate surface area is 231 Å². The summed E-state index contributed by atoms with van der Waals surface area (Å²) in [6.45, 7) is 2.61. The number of rotatable bonds is 6. The summed E-state index contributed by atoms with van der Waals surface area (Å²) < 4.78 is 5.48. The van der Waals surface area contributed by atoms with Crippen LogP contribution in [0.3, 0.4) is 0 Å². The molecule has 1 fully saturated rings. The molecule has 4 aromatic rings. The minimum atomic E-state index is -0.540. The number of ether oxygens (including phenoxy) is 1. The molecule has 3 heterocycles. The van der Waals surface area contributed by atoms with Crippen LogP contribution in [0.1, 0.15) is 11.1 Å². The Morgan fingerprint density at radius 3 is 2.58 bits per heavy atom. The lowest BCUT2D eigenvalue weighted by molar-refractivity contribution is 0.123. The summed E-state index contributed by atoms with van der Waals surface area (Å²) in [6.07, 6.45) is 2.89. The molecule has 2 amide bonds. The van der Waals surface area contributed by atoms with Crippen LogP contribution in [-0.4, -0.2) is 53.7 Å². The molecule has 38 heavy (non-hydrogen) atoms. The number of hydrogen-bond donors (Lipinski definition) is 3. The minimum absolute atomic E-state index is 0.422. The standard InChI is InChI=1S/C25H20Cl2N8O2S/c26-19-2-1-3-20(27)18(19)13-30-34-25(36)32-16-6-4-15(5-7-16)21-17(12-28)24(35-8-10-37-11-9-35)38-22(21)23-29-14-31-33-23/h1-7,13-14H,8-11H2,(H,29,31,33)(H2,32,34,36)/b30-13+. The molecule has 1 aliphatic rings. The van der Waals surface area contributed by atoms with Gasteiger partial charge in [0.05, 0.1) is 39.9 Å². The average molecular weight is 567 g/mol. The Kier molecular flexibility index (Phi) is 7.86. The van der Waals surface area contributed by atoms with Gasteiger partial charge < -0.3 is 15.0 Å². The number of urea groups is 1. The van der Waals surface area contributed by atoms with E-state index >= 15 is 0 Å². The fourth-order valence-electron chi connectivity index (χ4n) is 3.93. The number of nitrogens with zero attached hydrogens (tertiary/aromatic N) is 5. The van der Waals surface area contributed by atoms with Crippen LogP contribution in [-0.2, 0) is 4.74 Å². The van der Waals surface area contributed by atoms with Gasteiger partial charge in [-0.25, -0.2) is 15.2 Å². The quantitative estimate of drug-likeness (QED) is 0.212. The molecule has 2 aromatic heterocycles. The summed E-state index contributed by atoms with van der Waals surface area (Å²) >= 11 is 13.7. The van der Waals surface area contributed by atoms with Crippen molar-refractivity contribution >= 4 is 57.5 Å². The van der Waals surface area contributed by atoms with Crippen molar-refractivity contribution in [1.29, 1.82) is 5.26 Å².